The van der Waals surface area contributed by atoms with E-state index in [0.717, 1.165) is 11.1 Å². The molecule has 0 aliphatic heterocycles. The van der Waals surface area contributed by atoms with E-state index in [9.17, 15) is 9.90 Å². The summed E-state index contributed by atoms with van der Waals surface area (Å²) in [6, 6.07) is 12.8. The molecule has 0 bridgehead atoms. The van der Waals surface area contributed by atoms with E-state index in [0.29, 0.717) is 29.3 Å². The van der Waals surface area contributed by atoms with Crippen molar-refractivity contribution in [1.29, 1.82) is 0 Å². The van der Waals surface area contributed by atoms with Crippen LogP contribution in [0.3, 0.4) is 0 Å². The standard InChI is InChI=1S/C21H17NO5/c1-12-19(23)13(2)21(24)27-20(12)18-10-14-9-16(6-7-17(14)26-18)25-11-15-5-3-4-8-22-15/h3-10,23H,11H2,1-2H3. The molecule has 136 valence electrons. The van der Waals surface area contributed by atoms with Gasteiger partial charge in [0.25, 0.3) is 0 Å². The summed E-state index contributed by atoms with van der Waals surface area (Å²) in [6.07, 6.45) is 1.72. The van der Waals surface area contributed by atoms with Crippen LogP contribution in [-0.2, 0) is 6.61 Å². The van der Waals surface area contributed by atoms with E-state index in [-0.39, 0.29) is 17.1 Å². The van der Waals surface area contributed by atoms with Crippen molar-refractivity contribution >= 4 is 11.0 Å². The summed E-state index contributed by atoms with van der Waals surface area (Å²) < 4.78 is 16.9. The lowest BCUT2D eigenvalue weighted by atomic mass is 10.1. The summed E-state index contributed by atoms with van der Waals surface area (Å²) in [7, 11) is 0. The van der Waals surface area contributed by atoms with Gasteiger partial charge in [0.05, 0.1) is 11.3 Å². The van der Waals surface area contributed by atoms with Gasteiger partial charge in [0.1, 0.15) is 23.7 Å². The van der Waals surface area contributed by atoms with E-state index in [1.54, 1.807) is 31.3 Å². The topological polar surface area (TPSA) is 85.7 Å². The fourth-order valence-corrected chi connectivity index (χ4v) is 2.83. The van der Waals surface area contributed by atoms with Gasteiger partial charge >= 0.3 is 5.63 Å². The molecule has 0 unspecified atom stereocenters. The highest BCUT2D eigenvalue weighted by atomic mass is 16.5. The highest BCUT2D eigenvalue weighted by Crippen LogP contribution is 2.34. The first-order valence-electron chi connectivity index (χ1n) is 8.43. The molecule has 6 heteroatoms. The maximum absolute atomic E-state index is 11.9. The van der Waals surface area contributed by atoms with Crippen LogP contribution in [0.5, 0.6) is 11.5 Å². The van der Waals surface area contributed by atoms with Crippen LogP contribution in [0.2, 0.25) is 0 Å². The summed E-state index contributed by atoms with van der Waals surface area (Å²) in [6.45, 7) is 3.55. The van der Waals surface area contributed by atoms with Crippen LogP contribution in [-0.4, -0.2) is 10.1 Å². The molecular weight excluding hydrogens is 346 g/mol. The van der Waals surface area contributed by atoms with Crippen molar-refractivity contribution in [2.24, 2.45) is 0 Å². The van der Waals surface area contributed by atoms with Crippen LogP contribution in [0.4, 0.5) is 0 Å². The average molecular weight is 363 g/mol. The third-order valence-corrected chi connectivity index (χ3v) is 4.38. The lowest BCUT2D eigenvalue weighted by molar-refractivity contribution is 0.301. The lowest BCUT2D eigenvalue weighted by Gasteiger charge is -2.05. The van der Waals surface area contributed by atoms with Gasteiger partial charge in [-0.2, -0.15) is 0 Å². The molecule has 4 aromatic rings. The zero-order valence-corrected chi connectivity index (χ0v) is 14.9. The number of rotatable bonds is 4. The lowest BCUT2D eigenvalue weighted by Crippen LogP contribution is -2.05. The number of furan rings is 1. The normalized spacial score (nSPS) is 11.0. The summed E-state index contributed by atoms with van der Waals surface area (Å²) >= 11 is 0. The zero-order chi connectivity index (χ0) is 19.0. The molecule has 0 aliphatic carbocycles. The summed E-state index contributed by atoms with van der Waals surface area (Å²) in [5.74, 6) is 1.18. The van der Waals surface area contributed by atoms with Crippen molar-refractivity contribution in [3.05, 3.63) is 75.9 Å². The molecule has 0 saturated carbocycles. The second kappa shape index (κ2) is 6.64. The van der Waals surface area contributed by atoms with E-state index in [1.165, 1.54) is 6.92 Å². The highest BCUT2D eigenvalue weighted by Gasteiger charge is 2.18. The molecule has 0 fully saturated rings. The molecule has 0 amide bonds. The van der Waals surface area contributed by atoms with Crippen molar-refractivity contribution < 1.29 is 18.7 Å². The molecule has 4 rings (SSSR count). The van der Waals surface area contributed by atoms with Crippen LogP contribution in [0.15, 0.2) is 62.3 Å². The third kappa shape index (κ3) is 3.17. The summed E-state index contributed by atoms with van der Waals surface area (Å²) in [5.41, 5.74) is 1.50. The van der Waals surface area contributed by atoms with Crippen molar-refractivity contribution in [2.75, 3.05) is 0 Å². The number of pyridine rings is 1. The fraction of sp³-hybridized carbons (Fsp3) is 0.143. The monoisotopic (exact) mass is 363 g/mol. The van der Waals surface area contributed by atoms with E-state index in [4.69, 9.17) is 13.6 Å². The van der Waals surface area contributed by atoms with Gasteiger partial charge in [-0.1, -0.05) is 6.07 Å². The van der Waals surface area contributed by atoms with Gasteiger partial charge in [-0.05, 0) is 50.2 Å². The first-order chi connectivity index (χ1) is 13.0. The molecule has 0 saturated heterocycles. The van der Waals surface area contributed by atoms with Crippen LogP contribution >= 0.6 is 0 Å². The second-order valence-electron chi connectivity index (χ2n) is 6.24. The first-order valence-corrected chi connectivity index (χ1v) is 8.43. The number of hydrogen-bond acceptors (Lipinski definition) is 6. The number of hydrogen-bond donors (Lipinski definition) is 1. The smallest absolute Gasteiger partial charge is 0.343 e. The fourth-order valence-electron chi connectivity index (χ4n) is 2.83. The largest absolute Gasteiger partial charge is 0.507 e. The summed E-state index contributed by atoms with van der Waals surface area (Å²) in [5, 5.41) is 10.9. The minimum absolute atomic E-state index is 0.0823. The predicted molar refractivity (Wildman–Crippen MR) is 99.9 cm³/mol. The molecule has 3 aromatic heterocycles. The Balaban J connectivity index is 1.66. The maximum atomic E-state index is 11.9. The van der Waals surface area contributed by atoms with Crippen molar-refractivity contribution in [1.82, 2.24) is 4.98 Å². The van der Waals surface area contributed by atoms with Gasteiger partial charge in [0.2, 0.25) is 0 Å². The van der Waals surface area contributed by atoms with E-state index in [2.05, 4.69) is 4.98 Å². The Morgan fingerprint density at radius 1 is 1.07 bits per heavy atom. The number of fused-ring (bicyclic) bond motifs is 1. The first kappa shape index (κ1) is 16.9. The molecular formula is C21H17NO5. The maximum Gasteiger partial charge on any atom is 0.343 e. The number of benzene rings is 1. The zero-order valence-electron chi connectivity index (χ0n) is 14.9. The minimum Gasteiger partial charge on any atom is -0.507 e. The molecule has 1 aromatic carbocycles. The van der Waals surface area contributed by atoms with Crippen molar-refractivity contribution in [2.45, 2.75) is 20.5 Å². The van der Waals surface area contributed by atoms with Crippen LogP contribution in [0.25, 0.3) is 22.5 Å². The Bertz CT molecular complexity index is 1170. The molecule has 0 spiro atoms. The summed E-state index contributed by atoms with van der Waals surface area (Å²) in [4.78, 5) is 16.1. The van der Waals surface area contributed by atoms with Gasteiger partial charge in [-0.3, -0.25) is 4.98 Å². The Hall–Kier alpha value is -3.54. The third-order valence-electron chi connectivity index (χ3n) is 4.38. The average Bonchev–Trinajstić information content (AvgIpc) is 3.11. The van der Waals surface area contributed by atoms with Gasteiger partial charge < -0.3 is 18.7 Å². The SMILES string of the molecule is Cc1c(-c2cc3cc(OCc4ccccn4)ccc3o2)oc(=O)c(C)c1O. The van der Waals surface area contributed by atoms with Gasteiger partial charge in [-0.25, -0.2) is 4.79 Å². The molecule has 1 N–H and O–H groups in total. The van der Waals surface area contributed by atoms with E-state index in [1.807, 2.05) is 24.3 Å². The number of ether oxygens (including phenoxy) is 1. The molecule has 0 aliphatic rings. The quantitative estimate of drug-likeness (QED) is 0.580. The number of aromatic hydroxyl groups is 1. The molecule has 27 heavy (non-hydrogen) atoms. The van der Waals surface area contributed by atoms with E-state index < -0.39 is 5.63 Å². The Morgan fingerprint density at radius 2 is 1.93 bits per heavy atom. The molecule has 6 nitrogen and oxygen atoms in total. The van der Waals surface area contributed by atoms with Crippen molar-refractivity contribution in [3.63, 3.8) is 0 Å². The molecule has 0 radical (unpaired) electrons. The van der Waals surface area contributed by atoms with E-state index >= 15 is 0 Å². The number of aromatic nitrogens is 1. The number of nitrogens with zero attached hydrogens (tertiary/aromatic N) is 1. The minimum atomic E-state index is -0.590. The Labute approximate surface area is 154 Å². The van der Waals surface area contributed by atoms with Crippen LogP contribution < -0.4 is 10.4 Å². The predicted octanol–water partition coefficient (Wildman–Crippen LogP) is 4.35. The van der Waals surface area contributed by atoms with Gasteiger partial charge in [0.15, 0.2) is 11.5 Å². The Kier molecular flexibility index (Phi) is 4.16. The Morgan fingerprint density at radius 3 is 2.70 bits per heavy atom. The van der Waals surface area contributed by atoms with Crippen LogP contribution in [0.1, 0.15) is 16.8 Å². The van der Waals surface area contributed by atoms with Gasteiger partial charge in [-0.15, -0.1) is 0 Å². The van der Waals surface area contributed by atoms with Gasteiger partial charge in [0, 0.05) is 17.1 Å². The molecule has 0 atom stereocenters. The molecule has 3 heterocycles. The van der Waals surface area contributed by atoms with Crippen LogP contribution in [0, 0.1) is 13.8 Å². The van der Waals surface area contributed by atoms with Crippen molar-refractivity contribution in [3.8, 4) is 23.0 Å². The second-order valence-corrected chi connectivity index (χ2v) is 6.24. The highest BCUT2D eigenvalue weighted by molar-refractivity contribution is 5.84.